The molecule has 3 aromatic rings. The zero-order chi connectivity index (χ0) is 28.0. The molecule has 0 aromatic heterocycles. The molecular formula is C30H31BrN2O7. The lowest BCUT2D eigenvalue weighted by Crippen LogP contribution is -2.53. The number of fused-ring (bicyclic) bond motifs is 1. The Morgan fingerprint density at radius 3 is 2.35 bits per heavy atom. The Morgan fingerprint density at radius 2 is 1.68 bits per heavy atom. The topological polar surface area (TPSA) is 92.5 Å². The third-order valence-corrected chi connectivity index (χ3v) is 8.07. The van der Waals surface area contributed by atoms with Gasteiger partial charge in [-0.05, 0) is 56.2 Å². The summed E-state index contributed by atoms with van der Waals surface area (Å²) < 4.78 is 26.2. The van der Waals surface area contributed by atoms with Crippen molar-refractivity contribution in [1.82, 2.24) is 0 Å². The molecule has 0 aliphatic carbocycles. The lowest BCUT2D eigenvalue weighted by molar-refractivity contribution is -0.532. The molecule has 6 rings (SSSR count). The number of benzene rings is 3. The minimum atomic E-state index is -1.15. The number of nitro groups is 1. The Morgan fingerprint density at radius 1 is 0.975 bits per heavy atom. The number of aryl methyl sites for hydroxylation is 1. The summed E-state index contributed by atoms with van der Waals surface area (Å²) in [6.45, 7) is 5.88. The number of hydroxylamine groups is 1. The first-order valence-corrected chi connectivity index (χ1v) is 14.1. The number of para-hydroxylation sites is 1. The zero-order valence-corrected chi connectivity index (χ0v) is 24.0. The molecule has 9 nitrogen and oxygen atoms in total. The Kier molecular flexibility index (Phi) is 7.41. The molecule has 0 amide bonds. The minimum absolute atomic E-state index is 0.271. The Hall–Kier alpha value is -2.86. The average molecular weight is 611 g/mol. The van der Waals surface area contributed by atoms with E-state index >= 15 is 0 Å². The summed E-state index contributed by atoms with van der Waals surface area (Å²) in [5, 5.41) is 14.4. The highest BCUT2D eigenvalue weighted by molar-refractivity contribution is 9.10. The van der Waals surface area contributed by atoms with E-state index in [1.165, 1.54) is 0 Å². The van der Waals surface area contributed by atoms with E-state index in [4.69, 9.17) is 23.8 Å². The van der Waals surface area contributed by atoms with Crippen LogP contribution in [0.5, 0.6) is 0 Å². The minimum Gasteiger partial charge on any atom is -0.368 e. The molecule has 0 spiro atoms. The second kappa shape index (κ2) is 10.8. The Labute approximate surface area is 241 Å². The molecule has 40 heavy (non-hydrogen) atoms. The van der Waals surface area contributed by atoms with Crippen molar-refractivity contribution in [2.45, 2.75) is 76.0 Å². The number of hydrogen-bond acceptors (Lipinski definition) is 8. The summed E-state index contributed by atoms with van der Waals surface area (Å²) in [6.07, 6.45) is -3.59. The fourth-order valence-corrected chi connectivity index (χ4v) is 5.96. The molecular weight excluding hydrogens is 580 g/mol. The fourth-order valence-electron chi connectivity index (χ4n) is 5.70. The van der Waals surface area contributed by atoms with Crippen molar-refractivity contribution in [3.8, 4) is 0 Å². The van der Waals surface area contributed by atoms with Gasteiger partial charge >= 0.3 is 0 Å². The fraction of sp³-hybridized carbons (Fsp3) is 0.400. The highest BCUT2D eigenvalue weighted by atomic mass is 79.9. The van der Waals surface area contributed by atoms with Crippen LogP contribution in [-0.4, -0.2) is 47.4 Å². The molecule has 0 bridgehead atoms. The standard InChI is InChI=1S/C30H31BrN2O7/c1-18-9-13-20(14-10-18)25-24(33(34)35)23(32(40-25)22-7-5-4-6-8-22)26-27(28-29(37-26)39-30(2,3)38-28)36-17-19-11-15-21(31)16-12-19/h4-16,23-29H,17H2,1-3H3/t23-,24+,25-,26+,27-,28+,29+/m0/s1. The third-order valence-electron chi connectivity index (χ3n) is 7.54. The number of halogens is 1. The van der Waals surface area contributed by atoms with Crippen LogP contribution in [0.4, 0.5) is 5.69 Å². The summed E-state index contributed by atoms with van der Waals surface area (Å²) in [7, 11) is 0. The molecule has 0 N–H and O–H groups in total. The number of anilines is 1. The predicted octanol–water partition coefficient (Wildman–Crippen LogP) is 5.73. The van der Waals surface area contributed by atoms with Crippen LogP contribution < -0.4 is 5.06 Å². The molecule has 3 saturated heterocycles. The zero-order valence-electron chi connectivity index (χ0n) is 22.4. The molecule has 0 radical (unpaired) electrons. The van der Waals surface area contributed by atoms with E-state index in [0.29, 0.717) is 5.69 Å². The molecule has 3 aliphatic heterocycles. The summed E-state index contributed by atoms with van der Waals surface area (Å²) >= 11 is 3.46. The van der Waals surface area contributed by atoms with Gasteiger partial charge in [0.15, 0.2) is 24.2 Å². The Bertz CT molecular complexity index is 1340. The van der Waals surface area contributed by atoms with Gasteiger partial charge in [-0.2, -0.15) is 0 Å². The van der Waals surface area contributed by atoms with Gasteiger partial charge in [0.1, 0.15) is 18.3 Å². The van der Waals surface area contributed by atoms with Crippen LogP contribution in [0.2, 0.25) is 0 Å². The van der Waals surface area contributed by atoms with Gasteiger partial charge in [-0.15, -0.1) is 0 Å². The maximum atomic E-state index is 12.8. The van der Waals surface area contributed by atoms with Crippen molar-refractivity contribution in [3.05, 3.63) is 110 Å². The smallest absolute Gasteiger partial charge is 0.270 e. The highest BCUT2D eigenvalue weighted by Gasteiger charge is 2.65. The van der Waals surface area contributed by atoms with E-state index in [9.17, 15) is 10.1 Å². The van der Waals surface area contributed by atoms with E-state index < -0.39 is 48.6 Å². The summed E-state index contributed by atoms with van der Waals surface area (Å²) in [4.78, 5) is 19.0. The van der Waals surface area contributed by atoms with E-state index in [1.54, 1.807) is 5.06 Å². The lowest BCUT2D eigenvalue weighted by atomic mass is 9.91. The molecule has 7 atom stereocenters. The van der Waals surface area contributed by atoms with E-state index in [1.807, 2.05) is 99.6 Å². The van der Waals surface area contributed by atoms with E-state index in [-0.39, 0.29) is 11.5 Å². The lowest BCUT2D eigenvalue weighted by Gasteiger charge is -2.33. The average Bonchev–Trinajstić information content (AvgIpc) is 3.57. The number of ether oxygens (including phenoxy) is 4. The maximum Gasteiger partial charge on any atom is 0.270 e. The molecule has 3 heterocycles. The van der Waals surface area contributed by atoms with Crippen molar-refractivity contribution < 1.29 is 28.7 Å². The number of rotatable bonds is 7. The van der Waals surface area contributed by atoms with Crippen molar-refractivity contribution in [1.29, 1.82) is 0 Å². The quantitative estimate of drug-likeness (QED) is 0.247. The summed E-state index contributed by atoms with van der Waals surface area (Å²) in [5.74, 6) is -0.877. The van der Waals surface area contributed by atoms with Crippen LogP contribution in [0.1, 0.15) is 36.6 Å². The molecule has 3 aliphatic rings. The van der Waals surface area contributed by atoms with Gasteiger partial charge in [-0.25, -0.2) is 5.06 Å². The van der Waals surface area contributed by atoms with Crippen molar-refractivity contribution >= 4 is 21.6 Å². The van der Waals surface area contributed by atoms with Crippen LogP contribution in [0, 0.1) is 17.0 Å². The van der Waals surface area contributed by atoms with Crippen molar-refractivity contribution in [3.63, 3.8) is 0 Å². The van der Waals surface area contributed by atoms with Gasteiger partial charge in [0.25, 0.3) is 6.04 Å². The van der Waals surface area contributed by atoms with Gasteiger partial charge in [-0.3, -0.25) is 15.0 Å². The second-order valence-electron chi connectivity index (χ2n) is 10.8. The van der Waals surface area contributed by atoms with E-state index in [0.717, 1.165) is 21.2 Å². The highest BCUT2D eigenvalue weighted by Crippen LogP contribution is 2.47. The maximum absolute atomic E-state index is 12.8. The number of hydrogen-bond donors (Lipinski definition) is 0. The number of nitrogens with zero attached hydrogens (tertiary/aromatic N) is 2. The summed E-state index contributed by atoms with van der Waals surface area (Å²) in [6, 6.07) is 22.8. The first kappa shape index (κ1) is 27.3. The summed E-state index contributed by atoms with van der Waals surface area (Å²) in [5.41, 5.74) is 3.41. The molecule has 210 valence electrons. The largest absolute Gasteiger partial charge is 0.368 e. The van der Waals surface area contributed by atoms with E-state index in [2.05, 4.69) is 15.9 Å². The van der Waals surface area contributed by atoms with Gasteiger partial charge in [-0.1, -0.05) is 76.1 Å². The van der Waals surface area contributed by atoms with Crippen molar-refractivity contribution in [2.75, 3.05) is 5.06 Å². The Balaban J connectivity index is 1.39. The second-order valence-corrected chi connectivity index (χ2v) is 11.8. The van der Waals surface area contributed by atoms with Crippen LogP contribution in [0.15, 0.2) is 83.3 Å². The first-order chi connectivity index (χ1) is 19.2. The van der Waals surface area contributed by atoms with Gasteiger partial charge in [0, 0.05) is 9.40 Å². The molecule has 0 unspecified atom stereocenters. The van der Waals surface area contributed by atoms with Crippen LogP contribution in [0.25, 0.3) is 0 Å². The molecule has 0 saturated carbocycles. The molecule has 3 fully saturated rings. The monoisotopic (exact) mass is 610 g/mol. The van der Waals surface area contributed by atoms with Crippen molar-refractivity contribution in [2.24, 2.45) is 0 Å². The molecule has 3 aromatic carbocycles. The SMILES string of the molecule is Cc1ccc([C@@H]2ON(c3ccccc3)[C@H]([C@H]3O[C@@H]4OC(C)(C)O[C@@H]4[C@H]3OCc3ccc(Br)cc3)[C@H]2[N+](=O)[O-])cc1. The van der Waals surface area contributed by atoms with Gasteiger partial charge in [0.2, 0.25) is 0 Å². The van der Waals surface area contributed by atoms with Crippen LogP contribution >= 0.6 is 15.9 Å². The van der Waals surface area contributed by atoms with Gasteiger partial charge in [0.05, 0.1) is 12.3 Å². The predicted molar refractivity (Wildman–Crippen MR) is 150 cm³/mol. The van der Waals surface area contributed by atoms with Gasteiger partial charge < -0.3 is 18.9 Å². The normalized spacial score (nSPS) is 30.9. The van der Waals surface area contributed by atoms with Crippen LogP contribution in [0.3, 0.4) is 0 Å². The first-order valence-electron chi connectivity index (χ1n) is 13.3. The third kappa shape index (κ3) is 5.27. The molecule has 10 heteroatoms. The van der Waals surface area contributed by atoms with Crippen LogP contribution in [-0.2, 0) is 30.4 Å².